The van der Waals surface area contributed by atoms with Gasteiger partial charge in [0.05, 0.1) is 37.9 Å². The SMILES string of the molecule is COC(=O)[C@]12CCC(C)(C)[C@@H](O)C1C1=CCC3[C@@]4(C)CC[C@H](O)C(CO)(CO)C4CC[C@@]3(C)[C@]1(C)CC2. The molecule has 0 aromatic carbocycles. The molecular formula is C31H50O6. The van der Waals surface area contributed by atoms with Crippen LogP contribution in [0.25, 0.3) is 0 Å². The van der Waals surface area contributed by atoms with Crippen molar-refractivity contribution in [2.75, 3.05) is 20.3 Å². The molecule has 0 heterocycles. The maximum atomic E-state index is 13.4. The van der Waals surface area contributed by atoms with Crippen LogP contribution in [-0.2, 0) is 9.53 Å². The van der Waals surface area contributed by atoms with E-state index in [0.29, 0.717) is 12.3 Å². The van der Waals surface area contributed by atoms with Crippen molar-refractivity contribution >= 4 is 5.97 Å². The molecule has 6 heteroatoms. The second-order valence-corrected chi connectivity index (χ2v) is 15.0. The Balaban J connectivity index is 1.62. The van der Waals surface area contributed by atoms with Crippen LogP contribution in [0.3, 0.4) is 0 Å². The van der Waals surface area contributed by atoms with E-state index in [1.165, 1.54) is 12.7 Å². The van der Waals surface area contributed by atoms with Gasteiger partial charge in [-0.25, -0.2) is 0 Å². The van der Waals surface area contributed by atoms with Crippen molar-refractivity contribution in [1.29, 1.82) is 0 Å². The second kappa shape index (κ2) is 8.52. The first-order valence-corrected chi connectivity index (χ1v) is 14.6. The topological polar surface area (TPSA) is 107 Å². The number of aliphatic hydroxyl groups is 4. The first-order chi connectivity index (χ1) is 17.2. The number of allylic oxidation sites excluding steroid dienone is 1. The molecule has 0 spiro atoms. The number of esters is 1. The lowest BCUT2D eigenvalue weighted by Gasteiger charge is -2.71. The number of carbonyl (C=O) groups excluding carboxylic acids is 1. The summed E-state index contributed by atoms with van der Waals surface area (Å²) in [4.78, 5) is 13.4. The minimum absolute atomic E-state index is 0.0485. The number of rotatable bonds is 3. The van der Waals surface area contributed by atoms with Crippen molar-refractivity contribution in [1.82, 2.24) is 0 Å². The van der Waals surface area contributed by atoms with Gasteiger partial charge in [0.2, 0.25) is 0 Å². The highest BCUT2D eigenvalue weighted by Gasteiger charge is 2.71. The van der Waals surface area contributed by atoms with Crippen LogP contribution in [0, 0.1) is 50.2 Å². The predicted molar refractivity (Wildman–Crippen MR) is 141 cm³/mol. The molecule has 9 atom stereocenters. The molecule has 37 heavy (non-hydrogen) atoms. The summed E-state index contributed by atoms with van der Waals surface area (Å²) >= 11 is 0. The number of ether oxygens (including phenoxy) is 1. The quantitative estimate of drug-likeness (QED) is 0.329. The van der Waals surface area contributed by atoms with Crippen LogP contribution in [-0.4, -0.2) is 58.9 Å². The van der Waals surface area contributed by atoms with Crippen molar-refractivity contribution in [3.63, 3.8) is 0 Å². The Labute approximate surface area is 222 Å². The number of hydrogen-bond donors (Lipinski definition) is 4. The van der Waals surface area contributed by atoms with Gasteiger partial charge in [-0.05, 0) is 91.3 Å². The van der Waals surface area contributed by atoms with Crippen LogP contribution in [0.15, 0.2) is 11.6 Å². The Hall–Kier alpha value is -0.950. The van der Waals surface area contributed by atoms with E-state index < -0.39 is 23.0 Å². The predicted octanol–water partition coefficient (Wildman–Crippen LogP) is 4.24. The second-order valence-electron chi connectivity index (χ2n) is 15.0. The normalized spacial score (nSPS) is 50.0. The summed E-state index contributed by atoms with van der Waals surface area (Å²) in [5, 5.41) is 43.8. The molecule has 3 unspecified atom stereocenters. The molecule has 6 nitrogen and oxygen atoms in total. The van der Waals surface area contributed by atoms with E-state index in [1.54, 1.807) is 0 Å². The van der Waals surface area contributed by atoms with Crippen LogP contribution in [0.5, 0.6) is 0 Å². The Bertz CT molecular complexity index is 969. The Morgan fingerprint density at radius 2 is 1.57 bits per heavy atom. The number of hydrogen-bond acceptors (Lipinski definition) is 6. The van der Waals surface area contributed by atoms with Crippen LogP contribution < -0.4 is 0 Å². The zero-order valence-electron chi connectivity index (χ0n) is 23.8. The number of fused-ring (bicyclic) bond motifs is 7. The van der Waals surface area contributed by atoms with Gasteiger partial charge < -0.3 is 25.2 Å². The Morgan fingerprint density at radius 3 is 2.19 bits per heavy atom. The van der Waals surface area contributed by atoms with E-state index >= 15 is 0 Å². The van der Waals surface area contributed by atoms with Gasteiger partial charge >= 0.3 is 5.97 Å². The summed E-state index contributed by atoms with van der Waals surface area (Å²) in [6, 6.07) is 0. The van der Waals surface area contributed by atoms with E-state index in [2.05, 4.69) is 40.7 Å². The zero-order valence-corrected chi connectivity index (χ0v) is 23.8. The molecule has 4 fully saturated rings. The summed E-state index contributed by atoms with van der Waals surface area (Å²) in [6.45, 7) is 11.0. The van der Waals surface area contributed by atoms with Gasteiger partial charge in [0.25, 0.3) is 0 Å². The molecule has 5 aliphatic carbocycles. The monoisotopic (exact) mass is 518 g/mol. The molecule has 0 amide bonds. The molecule has 5 aliphatic rings. The Morgan fingerprint density at radius 1 is 0.919 bits per heavy atom. The highest BCUT2D eigenvalue weighted by atomic mass is 16.5. The minimum Gasteiger partial charge on any atom is -0.469 e. The third kappa shape index (κ3) is 3.22. The van der Waals surface area contributed by atoms with Crippen molar-refractivity contribution in [3.8, 4) is 0 Å². The van der Waals surface area contributed by atoms with E-state index in [4.69, 9.17) is 4.74 Å². The summed E-state index contributed by atoms with van der Waals surface area (Å²) in [7, 11) is 1.48. The minimum atomic E-state index is -0.866. The van der Waals surface area contributed by atoms with E-state index in [-0.39, 0.29) is 52.7 Å². The molecule has 0 bridgehead atoms. The van der Waals surface area contributed by atoms with Gasteiger partial charge in [0.1, 0.15) is 0 Å². The van der Waals surface area contributed by atoms with Gasteiger partial charge in [-0.1, -0.05) is 46.3 Å². The van der Waals surface area contributed by atoms with Gasteiger partial charge in [0.15, 0.2) is 0 Å². The van der Waals surface area contributed by atoms with E-state index in [1.807, 2.05) is 0 Å². The maximum absolute atomic E-state index is 13.4. The Kier molecular flexibility index (Phi) is 6.36. The maximum Gasteiger partial charge on any atom is 0.312 e. The van der Waals surface area contributed by atoms with E-state index in [0.717, 1.165) is 51.4 Å². The number of methoxy groups -OCH3 is 1. The highest BCUT2D eigenvalue weighted by molar-refractivity contribution is 5.79. The highest BCUT2D eigenvalue weighted by Crippen LogP contribution is 2.75. The summed E-state index contributed by atoms with van der Waals surface area (Å²) in [5.41, 5.74) is -0.889. The van der Waals surface area contributed by atoms with Crippen LogP contribution in [0.2, 0.25) is 0 Å². The van der Waals surface area contributed by atoms with Crippen LogP contribution >= 0.6 is 0 Å². The molecule has 5 rings (SSSR count). The van der Waals surface area contributed by atoms with Crippen molar-refractivity contribution in [3.05, 3.63) is 11.6 Å². The van der Waals surface area contributed by atoms with Crippen molar-refractivity contribution in [2.45, 2.75) is 105 Å². The average Bonchev–Trinajstić information content (AvgIpc) is 2.87. The molecule has 0 radical (unpaired) electrons. The van der Waals surface area contributed by atoms with Gasteiger partial charge in [-0.2, -0.15) is 0 Å². The largest absolute Gasteiger partial charge is 0.469 e. The molecule has 4 saturated carbocycles. The molecule has 0 aliphatic heterocycles. The smallest absolute Gasteiger partial charge is 0.312 e. The fourth-order valence-electron chi connectivity index (χ4n) is 10.9. The fraction of sp³-hybridized carbons (Fsp3) is 0.903. The third-order valence-corrected chi connectivity index (χ3v) is 13.6. The zero-order chi connectivity index (χ0) is 27.2. The summed E-state index contributed by atoms with van der Waals surface area (Å²) in [6.07, 6.45) is 8.36. The lowest BCUT2D eigenvalue weighted by molar-refractivity contribution is -0.233. The van der Waals surface area contributed by atoms with Crippen molar-refractivity contribution < 1.29 is 30.0 Å². The standard InChI is InChI=1S/C31H50O6/c1-26(2)13-15-30(25(36)37-6)16-14-28(4)19(23(30)24(26)35)7-8-20-27(3)11-10-22(34)31(17-32,18-33)21(27)9-12-29(20,28)5/h7,20-24,32-35H,8-18H2,1-6H3/t20?,21?,22-,23?,24-,27+,28+,29+,30-/m0/s1. The van der Waals surface area contributed by atoms with Gasteiger partial charge in [0, 0.05) is 11.3 Å². The average molecular weight is 519 g/mol. The fourth-order valence-corrected chi connectivity index (χ4v) is 10.9. The lowest BCUT2D eigenvalue weighted by atomic mass is 9.33. The van der Waals surface area contributed by atoms with E-state index in [9.17, 15) is 25.2 Å². The number of carbonyl (C=O) groups is 1. The molecule has 0 aromatic rings. The molecule has 4 N–H and O–H groups in total. The summed E-state index contributed by atoms with van der Waals surface area (Å²) in [5.74, 6) is -0.0352. The first-order valence-electron chi connectivity index (χ1n) is 14.6. The van der Waals surface area contributed by atoms with Crippen molar-refractivity contribution in [2.24, 2.45) is 50.2 Å². The lowest BCUT2D eigenvalue weighted by Crippen LogP contribution is -2.68. The first kappa shape index (κ1) is 27.6. The molecule has 0 aromatic heterocycles. The number of aliphatic hydroxyl groups excluding tert-OH is 4. The van der Waals surface area contributed by atoms with Gasteiger partial charge in [-0.3, -0.25) is 4.79 Å². The van der Waals surface area contributed by atoms with Gasteiger partial charge in [-0.15, -0.1) is 0 Å². The summed E-state index contributed by atoms with van der Waals surface area (Å²) < 4.78 is 5.41. The third-order valence-electron chi connectivity index (χ3n) is 13.6. The molecule has 210 valence electrons. The molecular weight excluding hydrogens is 468 g/mol. The molecule has 0 saturated heterocycles. The van der Waals surface area contributed by atoms with Crippen LogP contribution in [0.1, 0.15) is 92.4 Å². The van der Waals surface area contributed by atoms with Crippen LogP contribution in [0.4, 0.5) is 0 Å².